The molecule has 0 spiro atoms. The summed E-state index contributed by atoms with van der Waals surface area (Å²) in [4.78, 5) is 16.0. The summed E-state index contributed by atoms with van der Waals surface area (Å²) in [5, 5.41) is 6.90. The lowest BCUT2D eigenvalue weighted by Gasteiger charge is -2.14. The number of thiophene rings is 1. The molecule has 0 saturated heterocycles. The number of hydrogen-bond acceptors (Lipinski definition) is 5. The minimum atomic E-state index is -0.199. The third kappa shape index (κ3) is 2.66. The standard InChI is InChI=1S/C12H14N4OS/c1-8(9-3-5-18-7-9)15-12(17)10-6-14-4-2-11(10)16-13/h2-8H,13H2,1H3,(H,14,16)(H,15,17). The molecule has 18 heavy (non-hydrogen) atoms. The second-order valence-electron chi connectivity index (χ2n) is 3.82. The second-order valence-corrected chi connectivity index (χ2v) is 4.60. The normalized spacial score (nSPS) is 11.9. The highest BCUT2D eigenvalue weighted by Crippen LogP contribution is 2.18. The van der Waals surface area contributed by atoms with E-state index in [0.717, 1.165) is 5.56 Å². The van der Waals surface area contributed by atoms with Gasteiger partial charge in [0.2, 0.25) is 0 Å². The number of carbonyl (C=O) groups is 1. The van der Waals surface area contributed by atoms with Crippen molar-refractivity contribution < 1.29 is 4.79 Å². The zero-order valence-electron chi connectivity index (χ0n) is 9.88. The number of amides is 1. The summed E-state index contributed by atoms with van der Waals surface area (Å²) in [6, 6.07) is 3.60. The fraction of sp³-hybridized carbons (Fsp3) is 0.167. The molecule has 2 aromatic rings. The van der Waals surface area contributed by atoms with Crippen LogP contribution in [0.3, 0.4) is 0 Å². The van der Waals surface area contributed by atoms with E-state index in [1.807, 2.05) is 23.8 Å². The summed E-state index contributed by atoms with van der Waals surface area (Å²) in [5.74, 6) is 5.16. The molecule has 94 valence electrons. The minimum absolute atomic E-state index is 0.0467. The summed E-state index contributed by atoms with van der Waals surface area (Å²) in [6.07, 6.45) is 3.07. The molecule has 6 heteroatoms. The van der Waals surface area contributed by atoms with E-state index in [1.165, 1.54) is 6.20 Å². The molecule has 1 atom stereocenters. The molecule has 0 saturated carbocycles. The Labute approximate surface area is 109 Å². The molecular formula is C12H14N4OS. The highest BCUT2D eigenvalue weighted by atomic mass is 32.1. The third-order valence-corrected chi connectivity index (χ3v) is 3.31. The van der Waals surface area contributed by atoms with Crippen LogP contribution in [0.4, 0.5) is 5.69 Å². The van der Waals surface area contributed by atoms with E-state index in [9.17, 15) is 4.79 Å². The number of rotatable bonds is 4. The Morgan fingerprint density at radius 2 is 2.33 bits per heavy atom. The Morgan fingerprint density at radius 1 is 1.50 bits per heavy atom. The average Bonchev–Trinajstić information content (AvgIpc) is 2.92. The Hall–Kier alpha value is -1.92. The van der Waals surface area contributed by atoms with Gasteiger partial charge in [-0.2, -0.15) is 11.3 Å². The number of anilines is 1. The van der Waals surface area contributed by atoms with Crippen LogP contribution in [0.1, 0.15) is 28.9 Å². The first-order valence-electron chi connectivity index (χ1n) is 5.46. The lowest BCUT2D eigenvalue weighted by molar-refractivity contribution is 0.0940. The highest BCUT2D eigenvalue weighted by molar-refractivity contribution is 7.07. The van der Waals surface area contributed by atoms with Gasteiger partial charge in [-0.1, -0.05) is 0 Å². The van der Waals surface area contributed by atoms with Gasteiger partial charge in [0, 0.05) is 12.4 Å². The van der Waals surface area contributed by atoms with Crippen molar-refractivity contribution in [3.05, 3.63) is 46.4 Å². The van der Waals surface area contributed by atoms with Gasteiger partial charge in [-0.3, -0.25) is 15.6 Å². The lowest BCUT2D eigenvalue weighted by Crippen LogP contribution is -2.27. The second kappa shape index (κ2) is 5.61. The molecule has 0 aliphatic heterocycles. The van der Waals surface area contributed by atoms with E-state index in [4.69, 9.17) is 5.84 Å². The van der Waals surface area contributed by atoms with Crippen molar-refractivity contribution in [1.82, 2.24) is 10.3 Å². The minimum Gasteiger partial charge on any atom is -0.345 e. The van der Waals surface area contributed by atoms with E-state index in [-0.39, 0.29) is 11.9 Å². The Morgan fingerprint density at radius 3 is 3.00 bits per heavy atom. The first-order chi connectivity index (χ1) is 8.72. The summed E-state index contributed by atoms with van der Waals surface area (Å²) in [7, 11) is 0. The fourth-order valence-electron chi connectivity index (χ4n) is 1.58. The maximum absolute atomic E-state index is 12.1. The van der Waals surface area contributed by atoms with Crippen molar-refractivity contribution in [1.29, 1.82) is 0 Å². The van der Waals surface area contributed by atoms with Crippen LogP contribution in [-0.2, 0) is 0 Å². The van der Waals surface area contributed by atoms with Crippen molar-refractivity contribution >= 4 is 22.9 Å². The first-order valence-corrected chi connectivity index (χ1v) is 6.40. The summed E-state index contributed by atoms with van der Waals surface area (Å²) < 4.78 is 0. The number of pyridine rings is 1. The molecule has 1 amide bonds. The topological polar surface area (TPSA) is 80.0 Å². The van der Waals surface area contributed by atoms with Crippen LogP contribution in [0.5, 0.6) is 0 Å². The van der Waals surface area contributed by atoms with E-state index in [1.54, 1.807) is 23.6 Å². The number of carbonyl (C=O) groups excluding carboxylic acids is 1. The molecule has 4 N–H and O–H groups in total. The molecular weight excluding hydrogens is 248 g/mol. The number of hydrogen-bond donors (Lipinski definition) is 3. The van der Waals surface area contributed by atoms with Crippen LogP contribution in [0, 0.1) is 0 Å². The van der Waals surface area contributed by atoms with E-state index < -0.39 is 0 Å². The van der Waals surface area contributed by atoms with Gasteiger partial charge in [0.1, 0.15) is 0 Å². The van der Waals surface area contributed by atoms with Crippen molar-refractivity contribution in [2.45, 2.75) is 13.0 Å². The maximum atomic E-state index is 12.1. The summed E-state index contributed by atoms with van der Waals surface area (Å²) in [6.45, 7) is 1.94. The van der Waals surface area contributed by atoms with Crippen molar-refractivity contribution in [2.24, 2.45) is 5.84 Å². The zero-order valence-corrected chi connectivity index (χ0v) is 10.7. The van der Waals surface area contributed by atoms with Gasteiger partial charge in [0.15, 0.2) is 0 Å². The highest BCUT2D eigenvalue weighted by Gasteiger charge is 2.14. The molecule has 1 unspecified atom stereocenters. The average molecular weight is 262 g/mol. The number of nitrogen functional groups attached to an aromatic ring is 1. The smallest absolute Gasteiger partial charge is 0.255 e. The number of nitrogens with zero attached hydrogens (tertiary/aromatic N) is 1. The van der Waals surface area contributed by atoms with Gasteiger partial charge in [0.25, 0.3) is 5.91 Å². The van der Waals surface area contributed by atoms with Crippen LogP contribution in [0.2, 0.25) is 0 Å². The van der Waals surface area contributed by atoms with Gasteiger partial charge in [-0.05, 0) is 35.4 Å². The van der Waals surface area contributed by atoms with Gasteiger partial charge >= 0.3 is 0 Å². The van der Waals surface area contributed by atoms with E-state index >= 15 is 0 Å². The third-order valence-electron chi connectivity index (χ3n) is 2.61. The summed E-state index contributed by atoms with van der Waals surface area (Å²) >= 11 is 1.60. The number of nitrogens with two attached hydrogens (primary N) is 1. The molecule has 0 fully saturated rings. The SMILES string of the molecule is CC(NC(=O)c1cnccc1NN)c1ccsc1. The monoisotopic (exact) mass is 262 g/mol. The quantitative estimate of drug-likeness (QED) is 0.581. The predicted octanol–water partition coefficient (Wildman–Crippen LogP) is 1.92. The lowest BCUT2D eigenvalue weighted by atomic mass is 10.1. The Bertz CT molecular complexity index is 527. The molecule has 0 aromatic carbocycles. The molecule has 0 radical (unpaired) electrons. The van der Waals surface area contributed by atoms with Crippen LogP contribution < -0.4 is 16.6 Å². The van der Waals surface area contributed by atoms with Gasteiger partial charge in [0.05, 0.1) is 17.3 Å². The molecule has 0 aliphatic rings. The van der Waals surface area contributed by atoms with Crippen molar-refractivity contribution in [3.8, 4) is 0 Å². The maximum Gasteiger partial charge on any atom is 0.255 e. The van der Waals surface area contributed by atoms with Gasteiger partial charge in [-0.15, -0.1) is 0 Å². The number of hydrazine groups is 1. The molecule has 5 nitrogen and oxygen atoms in total. The van der Waals surface area contributed by atoms with Crippen LogP contribution in [0.25, 0.3) is 0 Å². The Balaban J connectivity index is 2.12. The fourth-order valence-corrected chi connectivity index (χ4v) is 2.33. The van der Waals surface area contributed by atoms with Gasteiger partial charge < -0.3 is 10.7 Å². The Kier molecular flexibility index (Phi) is 3.91. The largest absolute Gasteiger partial charge is 0.345 e. The number of aromatic nitrogens is 1. The van der Waals surface area contributed by atoms with E-state index in [2.05, 4.69) is 15.7 Å². The molecule has 2 rings (SSSR count). The summed E-state index contributed by atoms with van der Waals surface area (Å²) in [5.41, 5.74) is 4.56. The van der Waals surface area contributed by atoms with Crippen LogP contribution in [-0.4, -0.2) is 10.9 Å². The molecule has 0 aliphatic carbocycles. The van der Waals surface area contributed by atoms with Gasteiger partial charge in [-0.25, -0.2) is 0 Å². The van der Waals surface area contributed by atoms with Crippen LogP contribution >= 0.6 is 11.3 Å². The van der Waals surface area contributed by atoms with Crippen molar-refractivity contribution in [2.75, 3.05) is 5.43 Å². The van der Waals surface area contributed by atoms with E-state index in [0.29, 0.717) is 11.3 Å². The van der Waals surface area contributed by atoms with Crippen LogP contribution in [0.15, 0.2) is 35.3 Å². The molecule has 2 heterocycles. The first kappa shape index (κ1) is 12.5. The number of nitrogens with one attached hydrogen (secondary N) is 2. The predicted molar refractivity (Wildman–Crippen MR) is 72.2 cm³/mol. The molecule has 0 bridgehead atoms. The zero-order chi connectivity index (χ0) is 13.0. The van der Waals surface area contributed by atoms with Crippen molar-refractivity contribution in [3.63, 3.8) is 0 Å². The molecule has 2 aromatic heterocycles.